The van der Waals surface area contributed by atoms with Gasteiger partial charge in [0.05, 0.1) is 12.5 Å². The van der Waals surface area contributed by atoms with Crippen LogP contribution in [0.4, 0.5) is 0 Å². The summed E-state index contributed by atoms with van der Waals surface area (Å²) in [5.41, 5.74) is 2.18. The summed E-state index contributed by atoms with van der Waals surface area (Å²) in [5, 5.41) is 4.15. The van der Waals surface area contributed by atoms with E-state index < -0.39 is 0 Å². The number of hydrogen-bond donors (Lipinski definition) is 0. The van der Waals surface area contributed by atoms with E-state index in [4.69, 9.17) is 9.26 Å². The van der Waals surface area contributed by atoms with Crippen molar-refractivity contribution in [2.75, 3.05) is 26.2 Å². The first-order chi connectivity index (χ1) is 13.3. The Kier molecular flexibility index (Phi) is 5.49. The molecule has 0 spiro atoms. The molecule has 0 aliphatic carbocycles. The minimum Gasteiger partial charge on any atom is -0.493 e. The highest BCUT2D eigenvalue weighted by molar-refractivity contribution is 5.53. The third-order valence-corrected chi connectivity index (χ3v) is 5.07. The molecule has 0 bridgehead atoms. The van der Waals surface area contributed by atoms with Crippen molar-refractivity contribution in [3.8, 4) is 17.1 Å². The van der Waals surface area contributed by atoms with Crippen LogP contribution in [0.2, 0.25) is 0 Å². The number of nitrogens with zero attached hydrogens (tertiary/aromatic N) is 3. The zero-order valence-corrected chi connectivity index (χ0v) is 15.7. The fourth-order valence-corrected chi connectivity index (χ4v) is 3.53. The highest BCUT2D eigenvalue weighted by Crippen LogP contribution is 2.27. The lowest BCUT2D eigenvalue weighted by Gasteiger charge is -2.15. The second-order valence-electron chi connectivity index (χ2n) is 7.08. The summed E-state index contributed by atoms with van der Waals surface area (Å²) in [6.45, 7) is 5.89. The molecule has 5 heteroatoms. The molecule has 4 rings (SSSR count). The van der Waals surface area contributed by atoms with Gasteiger partial charge in [0.15, 0.2) is 0 Å². The number of likely N-dealkylation sites (tertiary alicyclic amines) is 1. The van der Waals surface area contributed by atoms with Crippen molar-refractivity contribution < 1.29 is 9.26 Å². The molecule has 0 unspecified atom stereocenters. The molecule has 3 aromatic rings. The summed E-state index contributed by atoms with van der Waals surface area (Å²) in [6.07, 6.45) is 2.08. The van der Waals surface area contributed by atoms with Crippen molar-refractivity contribution in [3.63, 3.8) is 0 Å². The molecule has 1 aromatic heterocycles. The van der Waals surface area contributed by atoms with Crippen molar-refractivity contribution in [2.45, 2.75) is 25.7 Å². The Labute approximate surface area is 160 Å². The van der Waals surface area contributed by atoms with Crippen molar-refractivity contribution in [2.24, 2.45) is 0 Å². The molecule has 2 aromatic carbocycles. The maximum atomic E-state index is 5.89. The van der Waals surface area contributed by atoms with Gasteiger partial charge in [0.2, 0.25) is 11.7 Å². The fourth-order valence-electron chi connectivity index (χ4n) is 3.53. The van der Waals surface area contributed by atoms with Crippen LogP contribution in [-0.4, -0.2) is 41.3 Å². The van der Waals surface area contributed by atoms with Gasteiger partial charge in [-0.2, -0.15) is 4.98 Å². The lowest BCUT2D eigenvalue weighted by atomic mass is 10.1. The molecule has 1 aliphatic rings. The first kappa shape index (κ1) is 17.7. The maximum Gasteiger partial charge on any atom is 0.231 e. The highest BCUT2D eigenvalue weighted by Gasteiger charge is 2.28. The summed E-state index contributed by atoms with van der Waals surface area (Å²) < 4.78 is 11.4. The standard InChI is InChI=1S/C22H25N3O2/c1-17-8-5-6-11-20(17)26-15-7-13-25-14-12-19(16-25)22-23-21(24-27-22)18-9-3-2-4-10-18/h2-6,8-11,19H,7,12-16H2,1H3/t19-/m1/s1. The predicted molar refractivity (Wildman–Crippen MR) is 105 cm³/mol. The first-order valence-corrected chi connectivity index (χ1v) is 9.59. The van der Waals surface area contributed by atoms with Crippen LogP contribution in [0.3, 0.4) is 0 Å². The van der Waals surface area contributed by atoms with Gasteiger partial charge in [0.1, 0.15) is 5.75 Å². The molecule has 0 amide bonds. The van der Waals surface area contributed by atoms with Gasteiger partial charge in [-0.25, -0.2) is 0 Å². The van der Waals surface area contributed by atoms with Crippen LogP contribution in [0.1, 0.15) is 30.2 Å². The average Bonchev–Trinajstić information content (AvgIpc) is 3.37. The molecule has 0 radical (unpaired) electrons. The average molecular weight is 363 g/mol. The van der Waals surface area contributed by atoms with E-state index in [1.54, 1.807) is 0 Å². The van der Waals surface area contributed by atoms with Crippen molar-refractivity contribution in [1.82, 2.24) is 15.0 Å². The highest BCUT2D eigenvalue weighted by atomic mass is 16.5. The van der Waals surface area contributed by atoms with Gasteiger partial charge in [0.25, 0.3) is 0 Å². The summed E-state index contributed by atoms with van der Waals surface area (Å²) in [7, 11) is 0. The monoisotopic (exact) mass is 363 g/mol. The largest absolute Gasteiger partial charge is 0.493 e. The molecular weight excluding hydrogens is 338 g/mol. The van der Waals surface area contributed by atoms with Crippen LogP contribution in [-0.2, 0) is 0 Å². The van der Waals surface area contributed by atoms with Crippen LogP contribution in [0.25, 0.3) is 11.4 Å². The Hall–Kier alpha value is -2.66. The minimum atomic E-state index is 0.326. The number of aryl methyl sites for hydroxylation is 1. The minimum absolute atomic E-state index is 0.326. The number of para-hydroxylation sites is 1. The van der Waals surface area contributed by atoms with E-state index in [1.165, 1.54) is 5.56 Å². The van der Waals surface area contributed by atoms with E-state index in [0.717, 1.165) is 56.3 Å². The number of aromatic nitrogens is 2. The van der Waals surface area contributed by atoms with Crippen LogP contribution in [0, 0.1) is 6.92 Å². The van der Waals surface area contributed by atoms with E-state index in [-0.39, 0.29) is 0 Å². The Morgan fingerprint density at radius 1 is 1.11 bits per heavy atom. The molecule has 0 N–H and O–H groups in total. The SMILES string of the molecule is Cc1ccccc1OCCCN1CC[C@@H](c2nc(-c3ccccc3)no2)C1. The Balaban J connectivity index is 1.25. The van der Waals surface area contributed by atoms with E-state index in [2.05, 4.69) is 28.0 Å². The summed E-state index contributed by atoms with van der Waals surface area (Å²) in [4.78, 5) is 7.07. The quantitative estimate of drug-likeness (QED) is 0.586. The number of benzene rings is 2. The normalized spacial score (nSPS) is 17.3. The van der Waals surface area contributed by atoms with Crippen LogP contribution >= 0.6 is 0 Å². The van der Waals surface area contributed by atoms with Gasteiger partial charge in [-0.05, 0) is 37.9 Å². The molecule has 1 atom stereocenters. The molecule has 1 aliphatic heterocycles. The summed E-state index contributed by atoms with van der Waals surface area (Å²) in [6, 6.07) is 18.1. The van der Waals surface area contributed by atoms with E-state index in [1.807, 2.05) is 48.5 Å². The molecule has 5 nitrogen and oxygen atoms in total. The Morgan fingerprint density at radius 2 is 1.93 bits per heavy atom. The Morgan fingerprint density at radius 3 is 2.78 bits per heavy atom. The van der Waals surface area contributed by atoms with Gasteiger partial charge in [-0.3, -0.25) is 0 Å². The van der Waals surface area contributed by atoms with E-state index >= 15 is 0 Å². The van der Waals surface area contributed by atoms with Gasteiger partial charge >= 0.3 is 0 Å². The van der Waals surface area contributed by atoms with Crippen molar-refractivity contribution in [3.05, 3.63) is 66.1 Å². The molecule has 1 saturated heterocycles. The topological polar surface area (TPSA) is 51.4 Å². The second-order valence-corrected chi connectivity index (χ2v) is 7.08. The number of ether oxygens (including phenoxy) is 1. The molecular formula is C22H25N3O2. The van der Waals surface area contributed by atoms with Crippen LogP contribution in [0.5, 0.6) is 5.75 Å². The lowest BCUT2D eigenvalue weighted by molar-refractivity contribution is 0.258. The number of hydrogen-bond acceptors (Lipinski definition) is 5. The van der Waals surface area contributed by atoms with Gasteiger partial charge < -0.3 is 14.2 Å². The van der Waals surface area contributed by atoms with Gasteiger partial charge in [-0.1, -0.05) is 53.7 Å². The Bertz CT molecular complexity index is 863. The smallest absolute Gasteiger partial charge is 0.231 e. The zero-order chi connectivity index (χ0) is 18.5. The van der Waals surface area contributed by atoms with Crippen LogP contribution < -0.4 is 4.74 Å². The second kappa shape index (κ2) is 8.35. The molecule has 140 valence electrons. The van der Waals surface area contributed by atoms with Gasteiger partial charge in [0, 0.05) is 18.7 Å². The number of rotatable bonds is 7. The molecule has 27 heavy (non-hydrogen) atoms. The van der Waals surface area contributed by atoms with Gasteiger partial charge in [-0.15, -0.1) is 0 Å². The molecule has 1 fully saturated rings. The fraction of sp³-hybridized carbons (Fsp3) is 0.364. The van der Waals surface area contributed by atoms with Crippen molar-refractivity contribution in [1.29, 1.82) is 0 Å². The van der Waals surface area contributed by atoms with E-state index in [0.29, 0.717) is 11.7 Å². The first-order valence-electron chi connectivity index (χ1n) is 9.59. The molecule has 0 saturated carbocycles. The summed E-state index contributed by atoms with van der Waals surface area (Å²) in [5.74, 6) is 2.74. The van der Waals surface area contributed by atoms with E-state index in [9.17, 15) is 0 Å². The maximum absolute atomic E-state index is 5.89. The molecule has 2 heterocycles. The third-order valence-electron chi connectivity index (χ3n) is 5.07. The zero-order valence-electron chi connectivity index (χ0n) is 15.7. The van der Waals surface area contributed by atoms with Crippen LogP contribution in [0.15, 0.2) is 59.1 Å². The lowest BCUT2D eigenvalue weighted by Crippen LogP contribution is -2.23. The summed E-state index contributed by atoms with van der Waals surface area (Å²) >= 11 is 0. The van der Waals surface area contributed by atoms with Crippen molar-refractivity contribution >= 4 is 0 Å². The predicted octanol–water partition coefficient (Wildman–Crippen LogP) is 4.30. The third kappa shape index (κ3) is 4.37.